The van der Waals surface area contributed by atoms with Gasteiger partial charge >= 0.3 is 0 Å². The van der Waals surface area contributed by atoms with Crippen molar-refractivity contribution in [3.05, 3.63) is 66.5 Å². The van der Waals surface area contributed by atoms with Gasteiger partial charge in [-0.1, -0.05) is 66.6 Å². The molecule has 3 heteroatoms. The van der Waals surface area contributed by atoms with Crippen LogP contribution in [0.4, 0.5) is 0 Å². The van der Waals surface area contributed by atoms with Crippen molar-refractivity contribution < 1.29 is 0 Å². The van der Waals surface area contributed by atoms with Gasteiger partial charge < -0.3 is 0 Å². The van der Waals surface area contributed by atoms with Crippen LogP contribution in [0.5, 0.6) is 0 Å². The second kappa shape index (κ2) is 5.98. The highest BCUT2D eigenvalue weighted by Crippen LogP contribution is 2.19. The molecule has 0 N–H and O–H groups in total. The van der Waals surface area contributed by atoms with Crippen LogP contribution in [0.1, 0.15) is 12.7 Å². The first-order chi connectivity index (χ1) is 10.4. The van der Waals surface area contributed by atoms with Gasteiger partial charge in [-0.15, -0.1) is 0 Å². The van der Waals surface area contributed by atoms with Crippen LogP contribution in [-0.4, -0.2) is 15.0 Å². The predicted octanol–water partition coefficient (Wildman–Crippen LogP) is 3.58. The summed E-state index contributed by atoms with van der Waals surface area (Å²) in [5.74, 6) is 7.53. The Balaban J connectivity index is 2.17. The number of rotatable bonds is 2. The van der Waals surface area contributed by atoms with Crippen molar-refractivity contribution in [3.8, 4) is 34.6 Å². The molecule has 3 rings (SSSR count). The summed E-state index contributed by atoms with van der Waals surface area (Å²) in [5, 5.41) is 0. The first-order valence-electron chi connectivity index (χ1n) is 6.66. The Morgan fingerprint density at radius 3 is 1.57 bits per heavy atom. The third kappa shape index (κ3) is 2.96. The Morgan fingerprint density at radius 1 is 0.667 bits per heavy atom. The van der Waals surface area contributed by atoms with E-state index < -0.39 is 0 Å². The van der Waals surface area contributed by atoms with E-state index in [1.807, 2.05) is 60.7 Å². The van der Waals surface area contributed by atoms with E-state index in [2.05, 4.69) is 26.8 Å². The fourth-order valence-corrected chi connectivity index (χ4v) is 1.98. The zero-order chi connectivity index (χ0) is 14.5. The van der Waals surface area contributed by atoms with Crippen molar-refractivity contribution >= 4 is 0 Å². The Hall–Kier alpha value is -2.99. The molecule has 0 radical (unpaired) electrons. The molecule has 0 amide bonds. The number of hydrogen-bond acceptors (Lipinski definition) is 3. The molecular formula is C18H13N3. The molecule has 0 fully saturated rings. The molecule has 3 aromatic rings. The molecule has 0 unspecified atom stereocenters. The molecule has 21 heavy (non-hydrogen) atoms. The Kier molecular flexibility index (Phi) is 3.70. The van der Waals surface area contributed by atoms with Crippen molar-refractivity contribution in [2.45, 2.75) is 6.92 Å². The lowest BCUT2D eigenvalue weighted by molar-refractivity contribution is 1.04. The second-order valence-electron chi connectivity index (χ2n) is 4.41. The number of benzene rings is 2. The minimum Gasteiger partial charge on any atom is -0.208 e. The van der Waals surface area contributed by atoms with Crippen LogP contribution < -0.4 is 0 Å². The van der Waals surface area contributed by atoms with Crippen LogP contribution in [0.15, 0.2) is 60.7 Å². The molecule has 0 atom stereocenters. The van der Waals surface area contributed by atoms with Gasteiger partial charge in [0.05, 0.1) is 0 Å². The highest BCUT2D eigenvalue weighted by molar-refractivity contribution is 5.61. The second-order valence-corrected chi connectivity index (χ2v) is 4.41. The van der Waals surface area contributed by atoms with Crippen molar-refractivity contribution in [2.24, 2.45) is 0 Å². The normalized spacial score (nSPS) is 9.76. The predicted molar refractivity (Wildman–Crippen MR) is 83.3 cm³/mol. The molecule has 0 aliphatic rings. The number of aromatic nitrogens is 3. The largest absolute Gasteiger partial charge is 0.208 e. The zero-order valence-electron chi connectivity index (χ0n) is 11.6. The van der Waals surface area contributed by atoms with Gasteiger partial charge in [0.2, 0.25) is 5.82 Å². The summed E-state index contributed by atoms with van der Waals surface area (Å²) in [4.78, 5) is 13.4. The summed E-state index contributed by atoms with van der Waals surface area (Å²) in [7, 11) is 0. The molecule has 100 valence electrons. The van der Waals surface area contributed by atoms with Crippen LogP contribution in [0.25, 0.3) is 22.8 Å². The zero-order valence-corrected chi connectivity index (χ0v) is 11.6. The maximum atomic E-state index is 4.57. The van der Waals surface area contributed by atoms with Crippen molar-refractivity contribution in [2.75, 3.05) is 0 Å². The van der Waals surface area contributed by atoms with Gasteiger partial charge in [-0.25, -0.2) is 15.0 Å². The van der Waals surface area contributed by atoms with Crippen LogP contribution in [0.3, 0.4) is 0 Å². The highest BCUT2D eigenvalue weighted by Gasteiger charge is 2.08. The van der Waals surface area contributed by atoms with Gasteiger partial charge in [0.25, 0.3) is 0 Å². The lowest BCUT2D eigenvalue weighted by Crippen LogP contribution is -2.00. The van der Waals surface area contributed by atoms with Crippen LogP contribution in [0.2, 0.25) is 0 Å². The van der Waals surface area contributed by atoms with Crippen LogP contribution in [-0.2, 0) is 0 Å². The molecule has 0 saturated heterocycles. The standard InChI is InChI=1S/C18H13N3/c1-2-9-16-19-17(14-10-5-3-6-11-14)21-18(20-16)15-12-7-4-8-13-15/h3-8,10-13H,1H3. The van der Waals surface area contributed by atoms with Gasteiger partial charge in [0.15, 0.2) is 11.6 Å². The lowest BCUT2D eigenvalue weighted by atomic mass is 10.2. The van der Waals surface area contributed by atoms with Gasteiger partial charge in [0, 0.05) is 11.1 Å². The van der Waals surface area contributed by atoms with E-state index >= 15 is 0 Å². The Morgan fingerprint density at radius 2 is 1.14 bits per heavy atom. The molecule has 0 spiro atoms. The van der Waals surface area contributed by atoms with E-state index in [1.54, 1.807) is 6.92 Å². The SMILES string of the molecule is CC#Cc1nc(-c2ccccc2)nc(-c2ccccc2)n1. The number of nitrogens with zero attached hydrogens (tertiary/aromatic N) is 3. The molecule has 0 bridgehead atoms. The third-order valence-electron chi connectivity index (χ3n) is 2.94. The van der Waals surface area contributed by atoms with E-state index in [-0.39, 0.29) is 0 Å². The third-order valence-corrected chi connectivity index (χ3v) is 2.94. The summed E-state index contributed by atoms with van der Waals surface area (Å²) in [6, 6.07) is 19.7. The van der Waals surface area contributed by atoms with Crippen molar-refractivity contribution in [1.29, 1.82) is 0 Å². The molecule has 3 nitrogen and oxygen atoms in total. The average Bonchev–Trinajstić information content (AvgIpc) is 2.56. The molecule has 0 aliphatic heterocycles. The maximum Gasteiger partial charge on any atom is 0.208 e. The van der Waals surface area contributed by atoms with Crippen molar-refractivity contribution in [1.82, 2.24) is 15.0 Å². The Labute approximate surface area is 123 Å². The van der Waals surface area contributed by atoms with Gasteiger partial charge in [0.1, 0.15) is 0 Å². The fourth-order valence-electron chi connectivity index (χ4n) is 1.98. The van der Waals surface area contributed by atoms with Gasteiger partial charge in [-0.05, 0) is 12.8 Å². The monoisotopic (exact) mass is 271 g/mol. The topological polar surface area (TPSA) is 38.7 Å². The number of hydrogen-bond donors (Lipinski definition) is 0. The molecule has 0 saturated carbocycles. The summed E-state index contributed by atoms with van der Waals surface area (Å²) in [6.45, 7) is 1.77. The van der Waals surface area contributed by atoms with Crippen molar-refractivity contribution in [3.63, 3.8) is 0 Å². The summed E-state index contributed by atoms with van der Waals surface area (Å²) in [5.41, 5.74) is 1.91. The maximum absolute atomic E-state index is 4.57. The van der Waals surface area contributed by atoms with Crippen LogP contribution in [0, 0.1) is 11.8 Å². The van der Waals surface area contributed by atoms with E-state index in [1.165, 1.54) is 0 Å². The van der Waals surface area contributed by atoms with E-state index in [0.717, 1.165) is 11.1 Å². The summed E-state index contributed by atoms with van der Waals surface area (Å²) < 4.78 is 0. The Bertz CT molecular complexity index is 742. The first kappa shape index (κ1) is 13.0. The van der Waals surface area contributed by atoms with E-state index in [0.29, 0.717) is 17.5 Å². The van der Waals surface area contributed by atoms with E-state index in [9.17, 15) is 0 Å². The fraction of sp³-hybridized carbons (Fsp3) is 0.0556. The minimum absolute atomic E-state index is 0.491. The van der Waals surface area contributed by atoms with Gasteiger partial charge in [-0.2, -0.15) is 0 Å². The summed E-state index contributed by atoms with van der Waals surface area (Å²) >= 11 is 0. The molecule has 1 heterocycles. The molecule has 1 aromatic heterocycles. The smallest absolute Gasteiger partial charge is 0.208 e. The molecular weight excluding hydrogens is 258 g/mol. The summed E-state index contributed by atoms with van der Waals surface area (Å²) in [6.07, 6.45) is 0. The lowest BCUT2D eigenvalue weighted by Gasteiger charge is -2.04. The van der Waals surface area contributed by atoms with E-state index in [4.69, 9.17) is 0 Å². The molecule has 2 aromatic carbocycles. The van der Waals surface area contributed by atoms with Gasteiger partial charge in [-0.3, -0.25) is 0 Å². The van der Waals surface area contributed by atoms with Crippen LogP contribution >= 0.6 is 0 Å². The average molecular weight is 271 g/mol. The quantitative estimate of drug-likeness (QED) is 0.669. The minimum atomic E-state index is 0.491. The molecule has 0 aliphatic carbocycles. The highest BCUT2D eigenvalue weighted by atomic mass is 15.0. The first-order valence-corrected chi connectivity index (χ1v) is 6.66.